The first-order valence-corrected chi connectivity index (χ1v) is 15.1. The number of hydrogen-bond donors (Lipinski definition) is 2. The molecule has 3 N–H and O–H groups in total. The SMILES string of the molecule is C=C[C+]1CCC[C@H](NCC2Cc3c(cccc3N3CCN(C(=O)OC(C)(C)C)CC3)CN2C(=O)OC(C)(C)C)[C@H]1N. The van der Waals surface area contributed by atoms with Crippen molar-refractivity contribution in [1.29, 1.82) is 0 Å². The molecule has 9 heteroatoms. The van der Waals surface area contributed by atoms with Gasteiger partial charge in [0.05, 0.1) is 18.0 Å². The van der Waals surface area contributed by atoms with Gasteiger partial charge in [0.2, 0.25) is 0 Å². The molecule has 0 aromatic heterocycles. The van der Waals surface area contributed by atoms with Crippen LogP contribution in [-0.2, 0) is 22.4 Å². The molecule has 0 spiro atoms. The number of carbonyl (C=O) groups excluding carboxylic acids is 2. The van der Waals surface area contributed by atoms with E-state index in [1.165, 1.54) is 17.2 Å². The van der Waals surface area contributed by atoms with Crippen LogP contribution in [-0.4, -0.2) is 84.0 Å². The van der Waals surface area contributed by atoms with Crippen molar-refractivity contribution in [2.45, 2.75) is 103 Å². The normalized spacial score (nSPS) is 23.6. The smallest absolute Gasteiger partial charge is 0.410 e. The van der Waals surface area contributed by atoms with Gasteiger partial charge in [-0.3, -0.25) is 4.90 Å². The quantitative estimate of drug-likeness (QED) is 0.500. The van der Waals surface area contributed by atoms with E-state index in [-0.39, 0.29) is 30.3 Å². The summed E-state index contributed by atoms with van der Waals surface area (Å²) in [5.41, 5.74) is 9.05. The van der Waals surface area contributed by atoms with Gasteiger partial charge in [-0.1, -0.05) is 12.1 Å². The van der Waals surface area contributed by atoms with E-state index in [0.717, 1.165) is 37.9 Å². The van der Waals surface area contributed by atoms with Crippen molar-refractivity contribution in [3.8, 4) is 0 Å². The molecular weight excluding hydrogens is 518 g/mol. The average Bonchev–Trinajstić information content (AvgIpc) is 2.90. The molecular formula is C32H50N5O4+. The Labute approximate surface area is 246 Å². The molecule has 3 atom stereocenters. The van der Waals surface area contributed by atoms with Crippen LogP contribution in [0.1, 0.15) is 71.9 Å². The highest BCUT2D eigenvalue weighted by Crippen LogP contribution is 2.34. The Morgan fingerprint density at radius 1 is 1.07 bits per heavy atom. The summed E-state index contributed by atoms with van der Waals surface area (Å²) in [6.45, 7) is 19.1. The van der Waals surface area contributed by atoms with E-state index in [0.29, 0.717) is 32.6 Å². The maximum Gasteiger partial charge on any atom is 0.410 e. The molecule has 1 aromatic rings. The first kappa shape index (κ1) is 31.0. The summed E-state index contributed by atoms with van der Waals surface area (Å²) < 4.78 is 11.4. The van der Waals surface area contributed by atoms with Crippen molar-refractivity contribution in [3.63, 3.8) is 0 Å². The van der Waals surface area contributed by atoms with E-state index in [1.54, 1.807) is 4.90 Å². The molecule has 41 heavy (non-hydrogen) atoms. The number of nitrogens with zero attached hydrogens (tertiary/aromatic N) is 3. The van der Waals surface area contributed by atoms with Gasteiger partial charge in [0.25, 0.3) is 0 Å². The number of carbonyl (C=O) groups is 2. The minimum absolute atomic E-state index is 0.0658. The van der Waals surface area contributed by atoms with E-state index >= 15 is 0 Å². The Morgan fingerprint density at radius 2 is 1.73 bits per heavy atom. The molecule has 226 valence electrons. The lowest BCUT2D eigenvalue weighted by Gasteiger charge is -2.42. The molecule has 1 aliphatic carbocycles. The molecule has 0 radical (unpaired) electrons. The highest BCUT2D eigenvalue weighted by molar-refractivity contribution is 5.71. The number of rotatable bonds is 5. The third-order valence-electron chi connectivity index (χ3n) is 8.09. The Hall–Kier alpha value is -2.91. The maximum absolute atomic E-state index is 13.4. The lowest BCUT2D eigenvalue weighted by Crippen LogP contribution is -2.56. The highest BCUT2D eigenvalue weighted by atomic mass is 16.6. The summed E-state index contributed by atoms with van der Waals surface area (Å²) in [5, 5.41) is 3.70. The number of anilines is 1. The van der Waals surface area contributed by atoms with Crippen molar-refractivity contribution in [2.24, 2.45) is 5.73 Å². The average molecular weight is 569 g/mol. The molecule has 1 saturated heterocycles. The predicted octanol–water partition coefficient (Wildman–Crippen LogP) is 4.64. The van der Waals surface area contributed by atoms with Gasteiger partial charge < -0.3 is 30.3 Å². The lowest BCUT2D eigenvalue weighted by molar-refractivity contribution is 0.0115. The van der Waals surface area contributed by atoms with Gasteiger partial charge in [-0.25, -0.2) is 9.59 Å². The number of piperazine rings is 1. The second-order valence-corrected chi connectivity index (χ2v) is 13.5. The first-order chi connectivity index (χ1) is 19.3. The minimum Gasteiger partial charge on any atom is -0.444 e. The molecule has 9 nitrogen and oxygen atoms in total. The number of hydrogen-bond acceptors (Lipinski definition) is 7. The Bertz CT molecular complexity index is 1090. The van der Waals surface area contributed by atoms with Crippen molar-refractivity contribution >= 4 is 17.9 Å². The fourth-order valence-corrected chi connectivity index (χ4v) is 6.02. The van der Waals surface area contributed by atoms with Gasteiger partial charge in [-0.15, -0.1) is 0 Å². The zero-order valence-electron chi connectivity index (χ0n) is 25.9. The largest absolute Gasteiger partial charge is 0.444 e. The lowest BCUT2D eigenvalue weighted by atomic mass is 9.81. The number of nitrogens with two attached hydrogens (primary N) is 1. The number of fused-ring (bicyclic) bond motifs is 1. The third-order valence-corrected chi connectivity index (χ3v) is 8.09. The van der Waals surface area contributed by atoms with Gasteiger partial charge in [-0.05, 0) is 78.0 Å². The van der Waals surface area contributed by atoms with Gasteiger partial charge in [-0.2, -0.15) is 0 Å². The summed E-state index contributed by atoms with van der Waals surface area (Å²) in [6.07, 6.45) is 5.13. The zero-order valence-corrected chi connectivity index (χ0v) is 25.9. The van der Waals surface area contributed by atoms with Crippen LogP contribution in [0.25, 0.3) is 0 Å². The summed E-state index contributed by atoms with van der Waals surface area (Å²) in [7, 11) is 0. The highest BCUT2D eigenvalue weighted by Gasteiger charge is 2.38. The zero-order chi connectivity index (χ0) is 29.9. The standard InChI is InChI=1S/C32H50N5O4/c1-8-22-11-9-13-26(28(22)33)34-20-24-19-25-23(21-37(24)30(39)41-32(5,6)7)12-10-14-27(25)35-15-17-36(18-16-35)29(38)40-31(2,3)4/h8,10,12,14,24,26,28,34H,1,9,11,13,15-21,33H2,2-7H3/q+1/t24?,26-,28-/m0/s1. The molecule has 2 amide bonds. The summed E-state index contributed by atoms with van der Waals surface area (Å²) in [4.78, 5) is 32.0. The van der Waals surface area contributed by atoms with Gasteiger partial charge >= 0.3 is 12.2 Å². The number of nitrogens with one attached hydrogen (secondary N) is 1. The predicted molar refractivity (Wildman–Crippen MR) is 163 cm³/mol. The van der Waals surface area contributed by atoms with Crippen molar-refractivity contribution < 1.29 is 19.1 Å². The fourth-order valence-electron chi connectivity index (χ4n) is 6.02. The van der Waals surface area contributed by atoms with E-state index in [2.05, 4.69) is 35.0 Å². The van der Waals surface area contributed by atoms with Crippen LogP contribution in [0.2, 0.25) is 0 Å². The van der Waals surface area contributed by atoms with E-state index < -0.39 is 11.2 Å². The topological polar surface area (TPSA) is 100 Å². The second kappa shape index (κ2) is 12.5. The fraction of sp³-hybridized carbons (Fsp3) is 0.656. The van der Waals surface area contributed by atoms with Crippen LogP contribution in [0.4, 0.5) is 15.3 Å². The molecule has 1 unspecified atom stereocenters. The van der Waals surface area contributed by atoms with E-state index in [9.17, 15) is 9.59 Å². The van der Waals surface area contributed by atoms with Crippen LogP contribution in [0.15, 0.2) is 30.9 Å². The van der Waals surface area contributed by atoms with Crippen LogP contribution < -0.4 is 16.0 Å². The molecule has 4 rings (SSSR count). The molecule has 0 bridgehead atoms. The molecule has 1 aromatic carbocycles. The second-order valence-electron chi connectivity index (χ2n) is 13.5. The van der Waals surface area contributed by atoms with Crippen LogP contribution >= 0.6 is 0 Å². The minimum atomic E-state index is -0.579. The molecule has 2 aliphatic heterocycles. The summed E-state index contributed by atoms with van der Waals surface area (Å²) >= 11 is 0. The number of ether oxygens (including phenoxy) is 2. The summed E-state index contributed by atoms with van der Waals surface area (Å²) in [6, 6.07) is 6.34. The Morgan fingerprint density at radius 3 is 2.37 bits per heavy atom. The molecule has 2 heterocycles. The van der Waals surface area contributed by atoms with Crippen LogP contribution in [0.3, 0.4) is 0 Å². The van der Waals surface area contributed by atoms with E-state index in [4.69, 9.17) is 15.2 Å². The molecule has 2 fully saturated rings. The van der Waals surface area contributed by atoms with E-state index in [1.807, 2.05) is 52.5 Å². The van der Waals surface area contributed by atoms with Crippen molar-refractivity contribution in [2.75, 3.05) is 37.6 Å². The number of benzene rings is 1. The Balaban J connectivity index is 1.51. The van der Waals surface area contributed by atoms with Gasteiger partial charge in [0.15, 0.2) is 0 Å². The number of amides is 2. The van der Waals surface area contributed by atoms with Crippen LogP contribution in [0.5, 0.6) is 0 Å². The maximum atomic E-state index is 13.4. The van der Waals surface area contributed by atoms with Crippen molar-refractivity contribution in [3.05, 3.63) is 47.9 Å². The third kappa shape index (κ3) is 7.89. The van der Waals surface area contributed by atoms with Crippen molar-refractivity contribution in [1.82, 2.24) is 15.1 Å². The summed E-state index contributed by atoms with van der Waals surface area (Å²) in [5.74, 6) is 1.19. The van der Waals surface area contributed by atoms with Gasteiger partial charge in [0.1, 0.15) is 17.2 Å². The van der Waals surface area contributed by atoms with Crippen LogP contribution in [0, 0.1) is 5.92 Å². The molecule has 3 aliphatic rings. The first-order valence-electron chi connectivity index (χ1n) is 15.1. The Kier molecular flexibility index (Phi) is 9.49. The monoisotopic (exact) mass is 568 g/mol. The molecule has 1 saturated carbocycles. The van der Waals surface area contributed by atoms with Gasteiger partial charge in [0, 0.05) is 64.0 Å².